The van der Waals surface area contributed by atoms with E-state index >= 15 is 0 Å². The van der Waals surface area contributed by atoms with Gasteiger partial charge in [-0.15, -0.1) is 0 Å². The highest BCUT2D eigenvalue weighted by Crippen LogP contribution is 2.26. The van der Waals surface area contributed by atoms with Crippen LogP contribution in [-0.2, 0) is 19.1 Å². The predicted molar refractivity (Wildman–Crippen MR) is 102 cm³/mol. The Kier molecular flexibility index (Phi) is 6.71. The molecule has 0 radical (unpaired) electrons. The van der Waals surface area contributed by atoms with Gasteiger partial charge in [-0.2, -0.15) is 9.98 Å². The summed E-state index contributed by atoms with van der Waals surface area (Å²) in [6.07, 6.45) is -0.216. The first kappa shape index (κ1) is 20.9. The van der Waals surface area contributed by atoms with Crippen LogP contribution in [-0.4, -0.2) is 54.3 Å². The zero-order valence-electron chi connectivity index (χ0n) is 14.9. The number of methoxy groups -OCH3 is 2. The van der Waals surface area contributed by atoms with Crippen LogP contribution in [0.3, 0.4) is 0 Å². The normalized spacial score (nSPS) is 15.4. The van der Waals surface area contributed by atoms with E-state index in [2.05, 4.69) is 24.8 Å². The molecule has 148 valence electrons. The Morgan fingerprint density at radius 1 is 1.14 bits per heavy atom. The maximum Gasteiger partial charge on any atom is 0.337 e. The van der Waals surface area contributed by atoms with Crippen LogP contribution in [0.5, 0.6) is 0 Å². The molecule has 1 atom stereocenters. The fourth-order valence-electron chi connectivity index (χ4n) is 2.21. The van der Waals surface area contributed by atoms with Crippen LogP contribution in [0.4, 0.5) is 5.69 Å². The average molecular weight is 407 g/mol. The summed E-state index contributed by atoms with van der Waals surface area (Å²) in [5.74, 6) is -2.72. The van der Waals surface area contributed by atoms with E-state index in [0.29, 0.717) is 0 Å². The summed E-state index contributed by atoms with van der Waals surface area (Å²) in [7, 11) is 2.37. The molecule has 0 spiro atoms. The van der Waals surface area contributed by atoms with Gasteiger partial charge in [-0.3, -0.25) is 9.59 Å². The number of nitrogens with zero attached hydrogens (tertiary/aromatic N) is 2. The second-order valence-corrected chi connectivity index (χ2v) is 6.58. The zero-order valence-corrected chi connectivity index (χ0v) is 15.7. The Balaban J connectivity index is 2.13. The van der Waals surface area contributed by atoms with Gasteiger partial charge >= 0.3 is 11.9 Å². The van der Waals surface area contributed by atoms with E-state index in [-0.39, 0.29) is 34.4 Å². The third kappa shape index (κ3) is 5.30. The van der Waals surface area contributed by atoms with Crippen molar-refractivity contribution in [1.29, 1.82) is 0 Å². The first-order chi connectivity index (χ1) is 13.2. The van der Waals surface area contributed by atoms with E-state index in [1.54, 1.807) is 0 Å². The number of hydrogen-bond donors (Lipinski definition) is 3. The summed E-state index contributed by atoms with van der Waals surface area (Å²) in [5, 5.41) is 1.81. The van der Waals surface area contributed by atoms with E-state index in [0.717, 1.165) is 11.8 Å². The molecule has 1 aliphatic heterocycles. The monoisotopic (exact) mass is 407 g/mol. The Morgan fingerprint density at radius 3 is 2.21 bits per heavy atom. The molecule has 1 aromatic rings. The van der Waals surface area contributed by atoms with Crippen molar-refractivity contribution in [2.75, 3.05) is 19.5 Å². The quantitative estimate of drug-likeness (QED) is 0.340. The first-order valence-electron chi connectivity index (χ1n) is 7.74. The van der Waals surface area contributed by atoms with E-state index < -0.39 is 29.0 Å². The number of carbonyl (C=O) groups is 4. The molecular formula is C16H17N5O6S. The van der Waals surface area contributed by atoms with Gasteiger partial charge < -0.3 is 26.3 Å². The molecule has 0 bridgehead atoms. The molecular weight excluding hydrogens is 390 g/mol. The van der Waals surface area contributed by atoms with E-state index in [9.17, 15) is 19.2 Å². The molecule has 0 fully saturated rings. The maximum atomic E-state index is 12.3. The van der Waals surface area contributed by atoms with Gasteiger partial charge in [0.05, 0.1) is 25.3 Å². The summed E-state index contributed by atoms with van der Waals surface area (Å²) < 4.78 is 9.26. The number of esters is 2. The van der Waals surface area contributed by atoms with Gasteiger partial charge in [0, 0.05) is 12.1 Å². The van der Waals surface area contributed by atoms with E-state index in [4.69, 9.17) is 11.5 Å². The third-order valence-corrected chi connectivity index (χ3v) is 4.43. The van der Waals surface area contributed by atoms with Gasteiger partial charge in [-0.1, -0.05) is 11.8 Å². The Bertz CT molecular complexity index is 859. The molecule has 1 heterocycles. The minimum absolute atomic E-state index is 0.0467. The lowest BCUT2D eigenvalue weighted by Crippen LogP contribution is -2.23. The minimum atomic E-state index is -0.790. The van der Waals surface area contributed by atoms with Crippen LogP contribution in [0, 0.1) is 0 Å². The Morgan fingerprint density at radius 2 is 1.71 bits per heavy atom. The number of nitrogens with two attached hydrogens (primary N) is 2. The van der Waals surface area contributed by atoms with Crippen LogP contribution in [0.1, 0.15) is 27.1 Å². The highest BCUT2D eigenvalue weighted by atomic mass is 32.2. The van der Waals surface area contributed by atoms with Crippen molar-refractivity contribution < 1.29 is 28.7 Å². The number of ether oxygens (including phenoxy) is 2. The lowest BCUT2D eigenvalue weighted by atomic mass is 10.1. The SMILES string of the molecule is COC(=O)c1cc(NC(=O)CC2SC(N=C(N)N)=NC2=O)cc(C(=O)OC)c1. The molecule has 0 aliphatic carbocycles. The predicted octanol–water partition coefficient (Wildman–Crippen LogP) is -0.140. The molecule has 11 nitrogen and oxygen atoms in total. The van der Waals surface area contributed by atoms with Crippen molar-refractivity contribution in [2.45, 2.75) is 11.7 Å². The molecule has 28 heavy (non-hydrogen) atoms. The maximum absolute atomic E-state index is 12.3. The molecule has 2 rings (SSSR count). The fourth-order valence-corrected chi connectivity index (χ4v) is 3.16. The van der Waals surface area contributed by atoms with Crippen molar-refractivity contribution in [3.05, 3.63) is 29.3 Å². The lowest BCUT2D eigenvalue weighted by molar-refractivity contribution is -0.121. The van der Waals surface area contributed by atoms with Crippen molar-refractivity contribution in [2.24, 2.45) is 21.5 Å². The summed E-state index contributed by atoms with van der Waals surface area (Å²) in [6, 6.07) is 3.95. The molecule has 12 heteroatoms. The number of amides is 2. The van der Waals surface area contributed by atoms with Gasteiger partial charge in [0.1, 0.15) is 5.25 Å². The molecule has 0 saturated carbocycles. The van der Waals surface area contributed by atoms with Crippen LogP contribution in [0.15, 0.2) is 28.2 Å². The minimum Gasteiger partial charge on any atom is -0.465 e. The van der Waals surface area contributed by atoms with Gasteiger partial charge in [0.2, 0.25) is 5.91 Å². The summed E-state index contributed by atoms with van der Waals surface area (Å²) >= 11 is 0.953. The van der Waals surface area contributed by atoms with E-state index in [1.165, 1.54) is 32.4 Å². The number of thioether (sulfide) groups is 1. The third-order valence-electron chi connectivity index (χ3n) is 3.38. The molecule has 0 saturated heterocycles. The standard InChI is InChI=1S/C16H17N5O6S/c1-26-13(24)7-3-8(14(25)27-2)5-9(4-7)19-11(22)6-10-12(23)20-16(28-10)21-15(17)18/h3-5,10H,6H2,1-2H3,(H,19,22)(H4,17,18,20,21,23). The molecule has 1 aromatic carbocycles. The average Bonchev–Trinajstić information content (AvgIpc) is 2.97. The number of rotatable bonds is 5. The lowest BCUT2D eigenvalue weighted by Gasteiger charge is -2.11. The smallest absolute Gasteiger partial charge is 0.337 e. The fraction of sp³-hybridized carbons (Fsp3) is 0.250. The van der Waals surface area contributed by atoms with Crippen molar-refractivity contribution in [3.63, 3.8) is 0 Å². The second kappa shape index (κ2) is 8.99. The largest absolute Gasteiger partial charge is 0.465 e. The number of anilines is 1. The zero-order chi connectivity index (χ0) is 20.8. The van der Waals surface area contributed by atoms with Crippen molar-refractivity contribution >= 4 is 52.3 Å². The van der Waals surface area contributed by atoms with Gasteiger partial charge in [-0.25, -0.2) is 9.59 Å². The first-order valence-corrected chi connectivity index (χ1v) is 8.62. The number of benzene rings is 1. The highest BCUT2D eigenvalue weighted by molar-refractivity contribution is 8.15. The van der Waals surface area contributed by atoms with Crippen LogP contribution < -0.4 is 16.8 Å². The number of hydrogen-bond acceptors (Lipinski definition) is 8. The molecule has 2 amide bonds. The molecule has 1 aliphatic rings. The van der Waals surface area contributed by atoms with Gasteiger partial charge in [-0.05, 0) is 18.2 Å². The molecule has 0 aromatic heterocycles. The summed E-state index contributed by atoms with van der Waals surface area (Å²) in [5.41, 5.74) is 10.7. The van der Waals surface area contributed by atoms with Crippen molar-refractivity contribution in [1.82, 2.24) is 0 Å². The van der Waals surface area contributed by atoms with Crippen LogP contribution >= 0.6 is 11.8 Å². The molecule has 1 unspecified atom stereocenters. The van der Waals surface area contributed by atoms with Gasteiger partial charge in [0.25, 0.3) is 5.91 Å². The highest BCUT2D eigenvalue weighted by Gasteiger charge is 2.30. The van der Waals surface area contributed by atoms with Crippen LogP contribution in [0.25, 0.3) is 0 Å². The summed E-state index contributed by atoms with van der Waals surface area (Å²) in [6.45, 7) is 0. The van der Waals surface area contributed by atoms with Crippen molar-refractivity contribution in [3.8, 4) is 0 Å². The number of carbonyl (C=O) groups excluding carboxylic acids is 4. The number of amidine groups is 1. The topological polar surface area (TPSA) is 176 Å². The summed E-state index contributed by atoms with van der Waals surface area (Å²) in [4.78, 5) is 55.0. The number of guanidine groups is 1. The number of aliphatic imine (C=N–C) groups is 2. The number of nitrogens with one attached hydrogen (secondary N) is 1. The van der Waals surface area contributed by atoms with Gasteiger partial charge in [0.15, 0.2) is 11.1 Å². The second-order valence-electron chi connectivity index (χ2n) is 5.41. The van der Waals surface area contributed by atoms with E-state index in [1.807, 2.05) is 0 Å². The Hall–Kier alpha value is -3.41. The Labute approximate surface area is 163 Å². The van der Waals surface area contributed by atoms with Crippen LogP contribution in [0.2, 0.25) is 0 Å². The molecule has 5 N–H and O–H groups in total.